The third-order valence-corrected chi connectivity index (χ3v) is 1.38. The number of carbonyl (C=O) groups is 1. The highest BCUT2D eigenvalue weighted by Gasteiger charge is 2.02. The van der Waals surface area contributed by atoms with E-state index in [9.17, 15) is 4.79 Å². The van der Waals surface area contributed by atoms with E-state index in [1.807, 2.05) is 0 Å². The van der Waals surface area contributed by atoms with Crippen LogP contribution in [0.1, 0.15) is 19.8 Å². The molecule has 0 aromatic rings. The highest BCUT2D eigenvalue weighted by Crippen LogP contribution is 1.90. The van der Waals surface area contributed by atoms with Gasteiger partial charge in [-0.05, 0) is 13.3 Å². The minimum atomic E-state index is -0.181. The van der Waals surface area contributed by atoms with Crippen LogP contribution in [0.25, 0.3) is 0 Å². The topological polar surface area (TPSA) is 38.3 Å². The van der Waals surface area contributed by atoms with Gasteiger partial charge in [0.25, 0.3) is 0 Å². The molecule has 0 aromatic heterocycles. The van der Waals surface area contributed by atoms with Crippen LogP contribution in [0.5, 0.6) is 0 Å². The van der Waals surface area contributed by atoms with Gasteiger partial charge in [0.15, 0.2) is 0 Å². The Morgan fingerprint density at radius 1 is 1.75 bits per heavy atom. The van der Waals surface area contributed by atoms with Gasteiger partial charge >= 0.3 is 0 Å². The maximum absolute atomic E-state index is 11.0. The Bertz CT molecular complexity index is 172. The maximum Gasteiger partial charge on any atom is 0.221 e. The minimum Gasteiger partial charge on any atom is -0.385 e. The first-order valence-corrected chi connectivity index (χ1v) is 3.95. The predicted octanol–water partition coefficient (Wildman–Crippen LogP) is 0.551. The SMILES string of the molecule is C#CC(C)NC(=O)CCCOC. The van der Waals surface area contributed by atoms with E-state index in [-0.39, 0.29) is 11.9 Å². The van der Waals surface area contributed by atoms with Gasteiger partial charge in [-0.1, -0.05) is 5.92 Å². The van der Waals surface area contributed by atoms with E-state index in [2.05, 4.69) is 11.2 Å². The fourth-order valence-electron chi connectivity index (χ4n) is 0.732. The van der Waals surface area contributed by atoms with Gasteiger partial charge in [0, 0.05) is 20.1 Å². The second-order valence-corrected chi connectivity index (χ2v) is 2.55. The number of hydrogen-bond donors (Lipinski definition) is 1. The first-order chi connectivity index (χ1) is 5.70. The number of rotatable bonds is 5. The van der Waals surface area contributed by atoms with Crippen LogP contribution in [0.2, 0.25) is 0 Å². The zero-order valence-corrected chi connectivity index (χ0v) is 7.59. The summed E-state index contributed by atoms with van der Waals surface area (Å²) in [7, 11) is 1.61. The van der Waals surface area contributed by atoms with Crippen LogP contribution in [-0.4, -0.2) is 25.7 Å². The van der Waals surface area contributed by atoms with Crippen molar-refractivity contribution in [2.45, 2.75) is 25.8 Å². The van der Waals surface area contributed by atoms with Gasteiger partial charge < -0.3 is 10.1 Å². The predicted molar refractivity (Wildman–Crippen MR) is 47.5 cm³/mol. The summed E-state index contributed by atoms with van der Waals surface area (Å²) in [4.78, 5) is 11.0. The van der Waals surface area contributed by atoms with E-state index in [0.29, 0.717) is 13.0 Å². The lowest BCUT2D eigenvalue weighted by Crippen LogP contribution is -2.31. The van der Waals surface area contributed by atoms with E-state index in [1.165, 1.54) is 0 Å². The Morgan fingerprint density at radius 3 is 2.92 bits per heavy atom. The molecule has 0 aliphatic rings. The third kappa shape index (κ3) is 5.75. The Morgan fingerprint density at radius 2 is 2.42 bits per heavy atom. The second kappa shape index (κ2) is 6.68. The molecule has 0 aliphatic carbocycles. The van der Waals surface area contributed by atoms with Gasteiger partial charge in [0.2, 0.25) is 5.91 Å². The van der Waals surface area contributed by atoms with Gasteiger partial charge in [0.1, 0.15) is 0 Å². The quantitative estimate of drug-likeness (QED) is 0.482. The van der Waals surface area contributed by atoms with Gasteiger partial charge in [0.05, 0.1) is 6.04 Å². The van der Waals surface area contributed by atoms with E-state index in [4.69, 9.17) is 11.2 Å². The summed E-state index contributed by atoms with van der Waals surface area (Å²) in [6, 6.07) is -0.181. The van der Waals surface area contributed by atoms with Gasteiger partial charge in [-0.15, -0.1) is 6.42 Å². The molecule has 3 heteroatoms. The lowest BCUT2D eigenvalue weighted by Gasteiger charge is -2.06. The van der Waals surface area contributed by atoms with E-state index in [0.717, 1.165) is 6.42 Å². The molecule has 12 heavy (non-hydrogen) atoms. The lowest BCUT2D eigenvalue weighted by molar-refractivity contribution is -0.121. The summed E-state index contributed by atoms with van der Waals surface area (Å²) in [5, 5.41) is 2.66. The van der Waals surface area contributed by atoms with Gasteiger partial charge in [-0.2, -0.15) is 0 Å². The average Bonchev–Trinajstić information content (AvgIpc) is 2.05. The summed E-state index contributed by atoms with van der Waals surface area (Å²) in [5.74, 6) is 2.41. The number of methoxy groups -OCH3 is 1. The van der Waals surface area contributed by atoms with Crippen molar-refractivity contribution < 1.29 is 9.53 Å². The zero-order chi connectivity index (χ0) is 9.40. The highest BCUT2D eigenvalue weighted by molar-refractivity contribution is 5.76. The van der Waals surface area contributed by atoms with Crippen LogP contribution in [0.3, 0.4) is 0 Å². The number of ether oxygens (including phenoxy) is 1. The van der Waals surface area contributed by atoms with Gasteiger partial charge in [-0.25, -0.2) is 0 Å². The summed E-state index contributed by atoms with van der Waals surface area (Å²) in [6.07, 6.45) is 6.29. The van der Waals surface area contributed by atoms with E-state index < -0.39 is 0 Å². The molecule has 1 atom stereocenters. The van der Waals surface area contributed by atoms with Crippen molar-refractivity contribution in [3.8, 4) is 12.3 Å². The third-order valence-electron chi connectivity index (χ3n) is 1.38. The standard InChI is InChI=1S/C9H15NO2/c1-4-8(2)10-9(11)6-5-7-12-3/h1,8H,5-7H2,2-3H3,(H,10,11). The molecule has 1 N–H and O–H groups in total. The molecule has 0 saturated carbocycles. The van der Waals surface area contributed by atoms with Crippen molar-refractivity contribution in [3.63, 3.8) is 0 Å². The van der Waals surface area contributed by atoms with E-state index in [1.54, 1.807) is 14.0 Å². The van der Waals surface area contributed by atoms with Crippen molar-refractivity contribution in [2.75, 3.05) is 13.7 Å². The van der Waals surface area contributed by atoms with Crippen LogP contribution < -0.4 is 5.32 Å². The molecule has 0 saturated heterocycles. The molecule has 0 fully saturated rings. The summed E-state index contributed by atoms with van der Waals surface area (Å²) < 4.78 is 4.80. The molecule has 0 aliphatic heterocycles. The monoisotopic (exact) mass is 169 g/mol. The molecule has 0 heterocycles. The normalized spacial score (nSPS) is 11.8. The lowest BCUT2D eigenvalue weighted by atomic mass is 10.3. The first-order valence-electron chi connectivity index (χ1n) is 3.95. The second-order valence-electron chi connectivity index (χ2n) is 2.55. The Kier molecular flexibility index (Phi) is 6.12. The van der Waals surface area contributed by atoms with Crippen molar-refractivity contribution in [1.82, 2.24) is 5.32 Å². The molecule has 1 amide bonds. The van der Waals surface area contributed by atoms with Crippen molar-refractivity contribution in [3.05, 3.63) is 0 Å². The maximum atomic E-state index is 11.0. The molecule has 0 aromatic carbocycles. The van der Waals surface area contributed by atoms with Crippen LogP contribution >= 0.6 is 0 Å². The van der Waals surface area contributed by atoms with Gasteiger partial charge in [-0.3, -0.25) is 4.79 Å². The van der Waals surface area contributed by atoms with Crippen LogP contribution in [0, 0.1) is 12.3 Å². The zero-order valence-electron chi connectivity index (χ0n) is 7.59. The summed E-state index contributed by atoms with van der Waals surface area (Å²) >= 11 is 0. The number of terminal acetylenes is 1. The minimum absolute atomic E-state index is 0.0162. The van der Waals surface area contributed by atoms with Crippen molar-refractivity contribution in [2.24, 2.45) is 0 Å². The van der Waals surface area contributed by atoms with Crippen LogP contribution in [0.15, 0.2) is 0 Å². The molecule has 68 valence electrons. The molecular weight excluding hydrogens is 154 g/mol. The van der Waals surface area contributed by atoms with Crippen molar-refractivity contribution in [1.29, 1.82) is 0 Å². The molecule has 1 unspecified atom stereocenters. The fourth-order valence-corrected chi connectivity index (χ4v) is 0.732. The molecule has 0 spiro atoms. The molecule has 0 rings (SSSR count). The Hall–Kier alpha value is -1.01. The summed E-state index contributed by atoms with van der Waals surface area (Å²) in [6.45, 7) is 2.38. The largest absolute Gasteiger partial charge is 0.385 e. The smallest absolute Gasteiger partial charge is 0.221 e. The number of carbonyl (C=O) groups excluding carboxylic acids is 1. The van der Waals surface area contributed by atoms with Crippen LogP contribution in [-0.2, 0) is 9.53 Å². The van der Waals surface area contributed by atoms with Crippen molar-refractivity contribution >= 4 is 5.91 Å². The Balaban J connectivity index is 3.41. The highest BCUT2D eigenvalue weighted by atomic mass is 16.5. The summed E-state index contributed by atoms with van der Waals surface area (Å²) in [5.41, 5.74) is 0. The molecule has 0 bridgehead atoms. The first kappa shape index (κ1) is 11.0. The fraction of sp³-hybridized carbons (Fsp3) is 0.667. The van der Waals surface area contributed by atoms with E-state index >= 15 is 0 Å². The van der Waals surface area contributed by atoms with Crippen LogP contribution in [0.4, 0.5) is 0 Å². The average molecular weight is 169 g/mol. The number of amides is 1. The number of hydrogen-bond acceptors (Lipinski definition) is 2. The molecule has 0 radical (unpaired) electrons. The molecule has 3 nitrogen and oxygen atoms in total. The Labute approximate surface area is 73.5 Å². The molecular formula is C9H15NO2. The number of nitrogens with one attached hydrogen (secondary N) is 1.